The summed E-state index contributed by atoms with van der Waals surface area (Å²) in [6.07, 6.45) is 0. The molecular weight excluding hydrogens is 611 g/mol. The lowest BCUT2D eigenvalue weighted by atomic mass is 9.82. The van der Waals surface area contributed by atoms with Gasteiger partial charge in [-0.3, -0.25) is 0 Å². The first kappa shape index (κ1) is 28.3. The number of hydrogen-bond donors (Lipinski definition) is 0. The maximum atomic E-state index is 2.51. The first-order valence-corrected chi connectivity index (χ1v) is 17.8. The number of fused-ring (bicyclic) bond motifs is 8. The first-order valence-electron chi connectivity index (χ1n) is 17.0. The molecule has 1 aliphatic carbocycles. The van der Waals surface area contributed by atoms with Crippen molar-refractivity contribution in [1.29, 1.82) is 0 Å². The molecule has 0 bridgehead atoms. The van der Waals surface area contributed by atoms with E-state index in [0.29, 0.717) is 0 Å². The maximum Gasteiger partial charge on any atom is 0.0540 e. The van der Waals surface area contributed by atoms with E-state index in [9.17, 15) is 0 Å². The molecule has 0 radical (unpaired) electrons. The monoisotopic (exact) mass is 643 g/mol. The quantitative estimate of drug-likeness (QED) is 0.184. The van der Waals surface area contributed by atoms with Gasteiger partial charge in [-0.25, -0.2) is 0 Å². The topological polar surface area (TPSA) is 3.24 Å². The lowest BCUT2D eigenvalue weighted by Crippen LogP contribution is -2.17. The van der Waals surface area contributed by atoms with Gasteiger partial charge in [-0.15, -0.1) is 11.3 Å². The van der Waals surface area contributed by atoms with Crippen molar-refractivity contribution >= 4 is 70.1 Å². The van der Waals surface area contributed by atoms with Gasteiger partial charge in [0.05, 0.1) is 11.4 Å². The fraction of sp³-hybridized carbons (Fsp3) is 0.0638. The van der Waals surface area contributed by atoms with Gasteiger partial charge in [-0.1, -0.05) is 129 Å². The molecule has 1 aliphatic rings. The molecule has 2 heteroatoms. The summed E-state index contributed by atoms with van der Waals surface area (Å²) in [5.41, 5.74) is 11.2. The summed E-state index contributed by atoms with van der Waals surface area (Å²) < 4.78 is 2.65. The van der Waals surface area contributed by atoms with Crippen LogP contribution in [-0.4, -0.2) is 0 Å². The van der Waals surface area contributed by atoms with E-state index >= 15 is 0 Å². The van der Waals surface area contributed by atoms with Gasteiger partial charge in [0, 0.05) is 42.2 Å². The van der Waals surface area contributed by atoms with E-state index in [2.05, 4.69) is 183 Å². The molecule has 0 atom stereocenters. The Morgan fingerprint density at radius 1 is 0.429 bits per heavy atom. The number of nitrogens with zero attached hydrogens (tertiary/aromatic N) is 1. The molecule has 8 aromatic carbocycles. The van der Waals surface area contributed by atoms with Crippen LogP contribution in [0.1, 0.15) is 25.0 Å². The highest BCUT2D eigenvalue weighted by molar-refractivity contribution is 7.25. The molecule has 0 saturated heterocycles. The third-order valence-electron chi connectivity index (χ3n) is 10.6. The second-order valence-electron chi connectivity index (χ2n) is 13.8. The Hall–Kier alpha value is -5.70. The molecule has 0 N–H and O–H groups in total. The number of thiophene rings is 1. The number of rotatable bonds is 4. The van der Waals surface area contributed by atoms with Crippen LogP contribution in [0.5, 0.6) is 0 Å². The smallest absolute Gasteiger partial charge is 0.0540 e. The fourth-order valence-electron chi connectivity index (χ4n) is 8.18. The predicted molar refractivity (Wildman–Crippen MR) is 212 cm³/mol. The Kier molecular flexibility index (Phi) is 6.16. The van der Waals surface area contributed by atoms with E-state index in [4.69, 9.17) is 0 Å². The Morgan fingerprint density at radius 3 is 2.06 bits per heavy atom. The van der Waals surface area contributed by atoms with Crippen molar-refractivity contribution in [1.82, 2.24) is 0 Å². The number of anilines is 3. The first-order chi connectivity index (χ1) is 24.0. The molecule has 232 valence electrons. The molecule has 1 aromatic heterocycles. The summed E-state index contributed by atoms with van der Waals surface area (Å²) in [6, 6.07) is 60.8. The van der Waals surface area contributed by atoms with Crippen LogP contribution in [0.15, 0.2) is 164 Å². The zero-order valence-corrected chi connectivity index (χ0v) is 28.3. The van der Waals surface area contributed by atoms with Crippen molar-refractivity contribution in [2.75, 3.05) is 4.90 Å². The van der Waals surface area contributed by atoms with Crippen LogP contribution in [0.2, 0.25) is 0 Å². The van der Waals surface area contributed by atoms with Crippen molar-refractivity contribution in [3.05, 3.63) is 175 Å². The number of hydrogen-bond acceptors (Lipinski definition) is 2. The predicted octanol–water partition coefficient (Wildman–Crippen LogP) is 13.8. The summed E-state index contributed by atoms with van der Waals surface area (Å²) in [6.45, 7) is 4.73. The van der Waals surface area contributed by atoms with Crippen molar-refractivity contribution in [2.24, 2.45) is 0 Å². The van der Waals surface area contributed by atoms with Crippen molar-refractivity contribution in [3.8, 4) is 22.3 Å². The van der Waals surface area contributed by atoms with Crippen LogP contribution in [0.25, 0.3) is 64.0 Å². The molecule has 0 saturated carbocycles. The molecule has 0 unspecified atom stereocenters. The average Bonchev–Trinajstić information content (AvgIpc) is 3.62. The van der Waals surface area contributed by atoms with Gasteiger partial charge in [-0.05, 0) is 92.5 Å². The molecule has 0 amide bonds. The minimum Gasteiger partial charge on any atom is -0.309 e. The van der Waals surface area contributed by atoms with Crippen molar-refractivity contribution in [3.63, 3.8) is 0 Å². The Balaban J connectivity index is 1.26. The summed E-state index contributed by atoms with van der Waals surface area (Å²) in [5.74, 6) is 0. The molecule has 0 fully saturated rings. The zero-order chi connectivity index (χ0) is 32.7. The largest absolute Gasteiger partial charge is 0.309 e. The van der Waals surface area contributed by atoms with Crippen LogP contribution in [0.3, 0.4) is 0 Å². The summed E-state index contributed by atoms with van der Waals surface area (Å²) >= 11 is 1.88. The van der Waals surface area contributed by atoms with E-state index in [0.717, 1.165) is 11.4 Å². The van der Waals surface area contributed by atoms with Gasteiger partial charge in [0.15, 0.2) is 0 Å². The molecule has 49 heavy (non-hydrogen) atoms. The average molecular weight is 644 g/mol. The number of benzene rings is 8. The molecule has 10 rings (SSSR count). The zero-order valence-electron chi connectivity index (χ0n) is 27.4. The molecule has 1 heterocycles. The molecule has 1 nitrogen and oxygen atoms in total. The second kappa shape index (κ2) is 10.7. The third kappa shape index (κ3) is 4.31. The Labute approximate surface area is 290 Å². The van der Waals surface area contributed by atoms with Crippen LogP contribution < -0.4 is 4.90 Å². The summed E-state index contributed by atoms with van der Waals surface area (Å²) in [7, 11) is 0. The van der Waals surface area contributed by atoms with Crippen molar-refractivity contribution < 1.29 is 0 Å². The lowest BCUT2D eigenvalue weighted by molar-refractivity contribution is 0.660. The van der Waals surface area contributed by atoms with Gasteiger partial charge in [-0.2, -0.15) is 0 Å². The van der Waals surface area contributed by atoms with Crippen LogP contribution in [0, 0.1) is 0 Å². The van der Waals surface area contributed by atoms with Crippen LogP contribution in [-0.2, 0) is 5.41 Å². The highest BCUT2D eigenvalue weighted by atomic mass is 32.1. The molecule has 0 spiro atoms. The van der Waals surface area contributed by atoms with Gasteiger partial charge >= 0.3 is 0 Å². The van der Waals surface area contributed by atoms with Gasteiger partial charge < -0.3 is 4.90 Å². The highest BCUT2D eigenvalue weighted by Gasteiger charge is 2.36. The van der Waals surface area contributed by atoms with E-state index in [1.165, 1.54) is 80.8 Å². The SMILES string of the molecule is CC1(C)c2ccccc2-c2ccc(N(c3ccccc3-c3ccc4ccccc4c3)c3cccc4cc5sc6ccccc6c5cc34)cc21. The lowest BCUT2D eigenvalue weighted by Gasteiger charge is -2.30. The summed E-state index contributed by atoms with van der Waals surface area (Å²) in [5, 5.41) is 7.62. The number of para-hydroxylation sites is 1. The van der Waals surface area contributed by atoms with Gasteiger partial charge in [0.2, 0.25) is 0 Å². The molecule has 9 aromatic rings. The summed E-state index contributed by atoms with van der Waals surface area (Å²) in [4.78, 5) is 2.51. The van der Waals surface area contributed by atoms with E-state index in [1.54, 1.807) is 0 Å². The molecular formula is C47H33NS. The third-order valence-corrected chi connectivity index (χ3v) is 11.8. The maximum absolute atomic E-state index is 2.51. The Bertz CT molecular complexity index is 2770. The van der Waals surface area contributed by atoms with E-state index in [1.807, 2.05) is 11.3 Å². The second-order valence-corrected chi connectivity index (χ2v) is 14.8. The minimum absolute atomic E-state index is 0.105. The standard InChI is InChI=1S/C47H33NS/c1-47(2)41-18-8-5-16-36(41)37-25-24-34(28-42(37)47)48(43-19-9-6-15-35(43)33-23-22-30-12-3-4-13-31(30)26-33)44-20-11-14-32-27-46-40(29-39(32)44)38-17-7-10-21-45(38)49-46/h3-29H,1-2H3. The minimum atomic E-state index is -0.105. The highest BCUT2D eigenvalue weighted by Crippen LogP contribution is 2.52. The van der Waals surface area contributed by atoms with Crippen LogP contribution >= 0.6 is 11.3 Å². The van der Waals surface area contributed by atoms with Gasteiger partial charge in [0.25, 0.3) is 0 Å². The van der Waals surface area contributed by atoms with E-state index < -0.39 is 0 Å². The van der Waals surface area contributed by atoms with E-state index in [-0.39, 0.29) is 5.41 Å². The van der Waals surface area contributed by atoms with Crippen molar-refractivity contribution in [2.45, 2.75) is 19.3 Å². The normalized spacial score (nSPS) is 13.3. The Morgan fingerprint density at radius 2 is 1.14 bits per heavy atom. The van der Waals surface area contributed by atoms with Crippen LogP contribution in [0.4, 0.5) is 17.1 Å². The fourth-order valence-corrected chi connectivity index (χ4v) is 9.32. The molecule has 0 aliphatic heterocycles. The van der Waals surface area contributed by atoms with Gasteiger partial charge in [0.1, 0.15) is 0 Å².